The molecule has 0 amide bonds. The minimum absolute atomic E-state index is 0.0451. The molecule has 0 unspecified atom stereocenters. The van der Waals surface area contributed by atoms with Crippen LogP contribution in [0.3, 0.4) is 0 Å². The quantitative estimate of drug-likeness (QED) is 0.313. The van der Waals surface area contributed by atoms with Gasteiger partial charge in [-0.05, 0) is 28.8 Å². The maximum Gasteiger partial charge on any atom is 0.225 e. The number of hydrogen-bond acceptors (Lipinski definition) is 6. The Labute approximate surface area is 245 Å². The van der Waals surface area contributed by atoms with Crippen LogP contribution in [0.15, 0.2) is 102 Å². The lowest BCUT2D eigenvalue weighted by molar-refractivity contribution is -0.151. The maximum atomic E-state index is 14.6. The van der Waals surface area contributed by atoms with Crippen LogP contribution in [0.5, 0.6) is 5.75 Å². The lowest BCUT2D eigenvalue weighted by Crippen LogP contribution is -2.51. The first-order valence-corrected chi connectivity index (χ1v) is 15.2. The molecule has 6 rings (SSSR count). The number of pyridine rings is 1. The summed E-state index contributed by atoms with van der Waals surface area (Å²) in [7, 11) is -2.91. The Morgan fingerprint density at radius 3 is 2.30 bits per heavy atom. The van der Waals surface area contributed by atoms with Crippen LogP contribution in [0.4, 0.5) is 0 Å². The summed E-state index contributed by atoms with van der Waals surface area (Å²) in [5, 5.41) is 11.2. The Morgan fingerprint density at radius 2 is 1.65 bits per heavy atom. The highest BCUT2D eigenvalue weighted by Crippen LogP contribution is 2.66. The third-order valence-electron chi connectivity index (χ3n) is 7.76. The average Bonchev–Trinajstić information content (AvgIpc) is 3.32. The summed E-state index contributed by atoms with van der Waals surface area (Å²) < 4.78 is 37.3. The van der Waals surface area contributed by atoms with Gasteiger partial charge in [-0.15, -0.1) is 0 Å². The van der Waals surface area contributed by atoms with E-state index in [-0.39, 0.29) is 23.0 Å². The van der Waals surface area contributed by atoms with Crippen LogP contribution >= 0.6 is 27.5 Å². The molecule has 1 aromatic heterocycles. The van der Waals surface area contributed by atoms with Crippen LogP contribution < -0.4 is 4.74 Å². The first kappa shape index (κ1) is 27.1. The fourth-order valence-corrected chi connectivity index (χ4v) is 8.26. The van der Waals surface area contributed by atoms with E-state index < -0.39 is 38.2 Å². The van der Waals surface area contributed by atoms with Gasteiger partial charge >= 0.3 is 0 Å². The van der Waals surface area contributed by atoms with Gasteiger partial charge in [0.25, 0.3) is 0 Å². The summed E-state index contributed by atoms with van der Waals surface area (Å²) in [4.78, 5) is 18.9. The predicted molar refractivity (Wildman–Crippen MR) is 154 cm³/mol. The van der Waals surface area contributed by atoms with Gasteiger partial charge in [-0.25, -0.2) is 8.42 Å². The highest BCUT2D eigenvalue weighted by molar-refractivity contribution is 9.10. The van der Waals surface area contributed by atoms with Gasteiger partial charge in [0.15, 0.2) is 11.4 Å². The second-order valence-electron chi connectivity index (χ2n) is 10.0. The number of carbonyl (C=O) groups is 1. The van der Waals surface area contributed by atoms with E-state index >= 15 is 0 Å². The molecule has 1 aliphatic carbocycles. The predicted octanol–water partition coefficient (Wildman–Crippen LogP) is 5.17. The van der Waals surface area contributed by atoms with Crippen molar-refractivity contribution in [1.29, 1.82) is 0 Å². The molecular formula is C30H24BrClN2O5S. The molecule has 4 aromatic rings. The van der Waals surface area contributed by atoms with Crippen LogP contribution in [0.2, 0.25) is 5.02 Å². The number of halogens is 2. The van der Waals surface area contributed by atoms with Crippen molar-refractivity contribution in [2.24, 2.45) is 0 Å². The summed E-state index contributed by atoms with van der Waals surface area (Å²) in [6, 6.07) is 26.4. The maximum absolute atomic E-state index is 14.6. The van der Waals surface area contributed by atoms with E-state index in [4.69, 9.17) is 16.3 Å². The van der Waals surface area contributed by atoms with Crippen molar-refractivity contribution in [3.05, 3.63) is 129 Å². The summed E-state index contributed by atoms with van der Waals surface area (Å²) in [6.45, 7) is 0.0451. The van der Waals surface area contributed by atoms with Crippen molar-refractivity contribution >= 4 is 43.3 Å². The van der Waals surface area contributed by atoms with Crippen LogP contribution in [-0.2, 0) is 32.6 Å². The first-order chi connectivity index (χ1) is 19.1. The van der Waals surface area contributed by atoms with E-state index in [0.29, 0.717) is 11.1 Å². The van der Waals surface area contributed by atoms with Gasteiger partial charge < -0.3 is 9.84 Å². The standard InChI is InChI=1S/C30H24BrClN2O5S/c1-34(18-19-8-4-2-5-9-19)40(37,38)26-25(20-10-6-3-7-11-20)30(21-12-14-22(31)15-13-21)29(36,28(26)35)27-24(39-30)16-23(32)17-33-27/h2-17,25-26,36H,18H2,1H3/t25-,26-,29+,30+/m1/s1. The number of ketones is 1. The molecule has 2 aliphatic rings. The number of aromatic nitrogens is 1. The number of rotatable bonds is 6. The highest BCUT2D eigenvalue weighted by atomic mass is 79.9. The number of sulfonamides is 1. The van der Waals surface area contributed by atoms with Crippen molar-refractivity contribution in [2.75, 3.05) is 7.05 Å². The topological polar surface area (TPSA) is 96.8 Å². The van der Waals surface area contributed by atoms with Gasteiger partial charge in [-0.1, -0.05) is 100 Å². The van der Waals surface area contributed by atoms with Gasteiger partial charge in [-0.2, -0.15) is 4.31 Å². The monoisotopic (exact) mass is 638 g/mol. The largest absolute Gasteiger partial charge is 0.476 e. The van der Waals surface area contributed by atoms with Crippen LogP contribution in [0.1, 0.15) is 28.3 Å². The molecule has 1 fully saturated rings. The summed E-state index contributed by atoms with van der Waals surface area (Å²) in [6.07, 6.45) is 1.31. The number of fused-ring (bicyclic) bond motifs is 3. The zero-order valence-electron chi connectivity index (χ0n) is 21.2. The lowest BCUT2D eigenvalue weighted by Gasteiger charge is -2.39. The molecule has 0 saturated heterocycles. The number of benzene rings is 3. The van der Waals surface area contributed by atoms with Gasteiger partial charge in [0.05, 0.1) is 10.9 Å². The normalized spacial score (nSPS) is 25.5. The molecule has 1 saturated carbocycles. The second kappa shape index (κ2) is 9.78. The van der Waals surface area contributed by atoms with E-state index in [9.17, 15) is 18.3 Å². The smallest absolute Gasteiger partial charge is 0.225 e. The average molecular weight is 640 g/mol. The molecule has 3 aromatic carbocycles. The first-order valence-electron chi connectivity index (χ1n) is 12.5. The summed E-state index contributed by atoms with van der Waals surface area (Å²) in [5.74, 6) is -1.91. The fourth-order valence-electron chi connectivity index (χ4n) is 6.00. The molecule has 1 N–H and O–H groups in total. The Balaban J connectivity index is 1.62. The van der Waals surface area contributed by atoms with Crippen molar-refractivity contribution < 1.29 is 23.1 Å². The van der Waals surface area contributed by atoms with E-state index in [1.165, 1.54) is 19.3 Å². The molecule has 0 radical (unpaired) electrons. The molecule has 0 bridgehead atoms. The third kappa shape index (κ3) is 3.87. The van der Waals surface area contributed by atoms with Crippen molar-refractivity contribution in [3.8, 4) is 5.75 Å². The van der Waals surface area contributed by atoms with Crippen LogP contribution in [0, 0.1) is 0 Å². The summed E-state index contributed by atoms with van der Waals surface area (Å²) >= 11 is 9.67. The molecular weight excluding hydrogens is 616 g/mol. The fraction of sp³-hybridized carbons (Fsp3) is 0.200. The number of aliphatic hydroxyl groups is 1. The van der Waals surface area contributed by atoms with E-state index in [1.54, 1.807) is 54.6 Å². The molecule has 4 atom stereocenters. The molecule has 0 spiro atoms. The SMILES string of the molecule is CN(Cc1ccccc1)S(=O)(=O)[C@H]1C(=O)[C@@]2(O)c3ncc(Cl)cc3O[C@@]2(c2ccc(Br)cc2)[C@@H]1c1ccccc1. The molecule has 7 nitrogen and oxygen atoms in total. The molecule has 204 valence electrons. The molecule has 10 heteroatoms. The van der Waals surface area contributed by atoms with Crippen molar-refractivity contribution in [1.82, 2.24) is 9.29 Å². The minimum Gasteiger partial charge on any atom is -0.476 e. The van der Waals surface area contributed by atoms with Crippen LogP contribution in [-0.4, -0.2) is 40.9 Å². The molecule has 2 heterocycles. The third-order valence-corrected chi connectivity index (χ3v) is 10.6. The highest BCUT2D eigenvalue weighted by Gasteiger charge is 2.79. The van der Waals surface area contributed by atoms with E-state index in [1.807, 2.05) is 30.3 Å². The summed E-state index contributed by atoms with van der Waals surface area (Å²) in [5.41, 5.74) is -2.62. The Kier molecular flexibility index (Phi) is 6.63. The molecule has 40 heavy (non-hydrogen) atoms. The van der Waals surface area contributed by atoms with E-state index in [0.717, 1.165) is 14.3 Å². The number of Topliss-reactive ketones (excluding diaryl/α,β-unsaturated/α-hetero) is 1. The Bertz CT molecular complexity index is 1710. The number of carbonyl (C=O) groups excluding carboxylic acids is 1. The number of ether oxygens (including phenoxy) is 1. The van der Waals surface area contributed by atoms with Crippen molar-refractivity contribution in [3.63, 3.8) is 0 Å². The minimum atomic E-state index is -4.35. The van der Waals surface area contributed by atoms with Gasteiger partial charge in [0.2, 0.25) is 15.6 Å². The van der Waals surface area contributed by atoms with Crippen molar-refractivity contribution in [2.45, 2.75) is 28.9 Å². The zero-order chi connectivity index (χ0) is 28.3. The zero-order valence-corrected chi connectivity index (χ0v) is 24.4. The van der Waals surface area contributed by atoms with Gasteiger partial charge in [0, 0.05) is 30.3 Å². The molecule has 1 aliphatic heterocycles. The number of hydrogen-bond donors (Lipinski definition) is 1. The Hall–Kier alpha value is -3.08. The van der Waals surface area contributed by atoms with Gasteiger partial charge in [0.1, 0.15) is 16.7 Å². The Morgan fingerprint density at radius 1 is 1.02 bits per heavy atom. The van der Waals surface area contributed by atoms with Gasteiger partial charge in [-0.3, -0.25) is 9.78 Å². The van der Waals surface area contributed by atoms with Crippen LogP contribution in [0.25, 0.3) is 0 Å². The lowest BCUT2D eigenvalue weighted by atomic mass is 9.72. The second-order valence-corrected chi connectivity index (χ2v) is 13.5. The van der Waals surface area contributed by atoms with E-state index in [2.05, 4.69) is 20.9 Å². The number of nitrogens with zero attached hydrogens (tertiary/aromatic N) is 2.